The maximum Gasteiger partial charge on any atom is 0.140 e. The summed E-state index contributed by atoms with van der Waals surface area (Å²) < 4.78 is 1.02. The predicted molar refractivity (Wildman–Crippen MR) is 71.1 cm³/mol. The molecular formula is C12H12BrClN2. The van der Waals surface area contributed by atoms with Crippen molar-refractivity contribution < 1.29 is 0 Å². The van der Waals surface area contributed by atoms with E-state index >= 15 is 0 Å². The van der Waals surface area contributed by atoms with Crippen molar-refractivity contribution in [2.45, 2.75) is 27.2 Å². The van der Waals surface area contributed by atoms with Crippen molar-refractivity contribution in [2.24, 2.45) is 0 Å². The fourth-order valence-electron chi connectivity index (χ4n) is 1.61. The third kappa shape index (κ3) is 1.82. The average Bonchev–Trinajstić information content (AvgIpc) is 2.27. The second-order valence-electron chi connectivity index (χ2n) is 3.81. The second kappa shape index (κ2) is 4.30. The van der Waals surface area contributed by atoms with E-state index in [9.17, 15) is 0 Å². The summed E-state index contributed by atoms with van der Waals surface area (Å²) in [4.78, 5) is 8.78. The molecule has 0 spiro atoms. The molecule has 1 heterocycles. The lowest BCUT2D eigenvalue weighted by Gasteiger charge is -2.09. The van der Waals surface area contributed by atoms with Gasteiger partial charge in [-0.1, -0.05) is 18.5 Å². The topological polar surface area (TPSA) is 25.8 Å². The highest BCUT2D eigenvalue weighted by atomic mass is 79.9. The van der Waals surface area contributed by atoms with E-state index in [-0.39, 0.29) is 0 Å². The minimum Gasteiger partial charge on any atom is -0.232 e. The van der Waals surface area contributed by atoms with Crippen molar-refractivity contribution in [3.63, 3.8) is 0 Å². The molecule has 0 aliphatic carbocycles. The lowest BCUT2D eigenvalue weighted by atomic mass is 10.1. The summed E-state index contributed by atoms with van der Waals surface area (Å²) in [6.45, 7) is 6.15. The first-order valence-corrected chi connectivity index (χ1v) is 6.33. The number of nitrogens with zero attached hydrogens (tertiary/aromatic N) is 2. The number of fused-ring (bicyclic) bond motifs is 1. The van der Waals surface area contributed by atoms with E-state index in [1.54, 1.807) is 0 Å². The van der Waals surface area contributed by atoms with Gasteiger partial charge in [-0.15, -0.1) is 0 Å². The van der Waals surface area contributed by atoms with Gasteiger partial charge in [0, 0.05) is 16.3 Å². The Morgan fingerprint density at radius 2 is 2.00 bits per heavy atom. The van der Waals surface area contributed by atoms with E-state index in [1.807, 2.05) is 13.0 Å². The lowest BCUT2D eigenvalue weighted by Crippen LogP contribution is -1.97. The molecule has 0 bridgehead atoms. The van der Waals surface area contributed by atoms with E-state index in [2.05, 4.69) is 39.7 Å². The molecular weight excluding hydrogens is 288 g/mol. The van der Waals surface area contributed by atoms with Crippen LogP contribution >= 0.6 is 27.5 Å². The third-order valence-electron chi connectivity index (χ3n) is 2.75. The lowest BCUT2D eigenvalue weighted by molar-refractivity contribution is 0.959. The van der Waals surface area contributed by atoms with Crippen molar-refractivity contribution in [1.29, 1.82) is 0 Å². The normalized spacial score (nSPS) is 11.1. The molecule has 0 atom stereocenters. The van der Waals surface area contributed by atoms with Gasteiger partial charge >= 0.3 is 0 Å². The zero-order chi connectivity index (χ0) is 11.9. The van der Waals surface area contributed by atoms with Crippen LogP contribution in [0.1, 0.15) is 23.9 Å². The van der Waals surface area contributed by atoms with Crippen LogP contribution in [0.15, 0.2) is 10.5 Å². The van der Waals surface area contributed by atoms with Crippen LogP contribution in [-0.4, -0.2) is 9.97 Å². The van der Waals surface area contributed by atoms with E-state index in [4.69, 9.17) is 11.6 Å². The fraction of sp³-hybridized carbons (Fsp3) is 0.333. The van der Waals surface area contributed by atoms with Crippen LogP contribution in [0.2, 0.25) is 5.15 Å². The van der Waals surface area contributed by atoms with Crippen LogP contribution in [0.25, 0.3) is 10.9 Å². The van der Waals surface area contributed by atoms with Crippen molar-refractivity contribution in [3.05, 3.63) is 32.6 Å². The molecule has 2 aromatic rings. The summed E-state index contributed by atoms with van der Waals surface area (Å²) in [6, 6.07) is 2.04. The second-order valence-corrected chi connectivity index (χ2v) is 4.96. The van der Waals surface area contributed by atoms with Gasteiger partial charge in [0.05, 0.1) is 5.52 Å². The predicted octanol–water partition coefficient (Wildman–Crippen LogP) is 4.22. The zero-order valence-corrected chi connectivity index (χ0v) is 11.8. The first kappa shape index (κ1) is 11.8. The minimum absolute atomic E-state index is 0.533. The molecule has 0 fully saturated rings. The summed E-state index contributed by atoms with van der Waals surface area (Å²) in [5.74, 6) is 0.779. The number of rotatable bonds is 1. The van der Waals surface area contributed by atoms with Crippen LogP contribution in [-0.2, 0) is 6.42 Å². The maximum absolute atomic E-state index is 6.17. The number of halogens is 2. The van der Waals surface area contributed by atoms with Crippen molar-refractivity contribution in [3.8, 4) is 0 Å². The first-order valence-electron chi connectivity index (χ1n) is 5.16. The van der Waals surface area contributed by atoms with Gasteiger partial charge in [-0.2, -0.15) is 0 Å². The molecule has 1 aromatic carbocycles. The quantitative estimate of drug-likeness (QED) is 0.737. The molecule has 4 heteroatoms. The highest BCUT2D eigenvalue weighted by Gasteiger charge is 2.11. The third-order valence-corrected chi connectivity index (χ3v) is 4.01. The van der Waals surface area contributed by atoms with Crippen LogP contribution < -0.4 is 0 Å². The molecule has 0 aliphatic heterocycles. The number of aryl methyl sites for hydroxylation is 2. The van der Waals surface area contributed by atoms with Gasteiger partial charge in [-0.05, 0) is 47.0 Å². The Balaban J connectivity index is 2.90. The Bertz CT molecular complexity index is 567. The van der Waals surface area contributed by atoms with Crippen molar-refractivity contribution in [2.75, 3.05) is 0 Å². The van der Waals surface area contributed by atoms with E-state index in [0.717, 1.165) is 27.6 Å². The average molecular weight is 300 g/mol. The molecule has 0 aliphatic rings. The number of benzene rings is 1. The summed E-state index contributed by atoms with van der Waals surface area (Å²) >= 11 is 9.75. The molecule has 0 radical (unpaired) electrons. The van der Waals surface area contributed by atoms with Crippen LogP contribution in [0.4, 0.5) is 0 Å². The number of hydrogen-bond acceptors (Lipinski definition) is 2. The molecule has 0 unspecified atom stereocenters. The Hall–Kier alpha value is -0.670. The Kier molecular flexibility index (Phi) is 3.17. The van der Waals surface area contributed by atoms with Gasteiger partial charge in [-0.25, -0.2) is 9.97 Å². The van der Waals surface area contributed by atoms with Gasteiger partial charge in [0.2, 0.25) is 0 Å². The van der Waals surface area contributed by atoms with Crippen molar-refractivity contribution in [1.82, 2.24) is 9.97 Å². The van der Waals surface area contributed by atoms with Crippen molar-refractivity contribution >= 4 is 38.4 Å². The number of aromatic nitrogens is 2. The molecule has 1 aromatic heterocycles. The fourth-order valence-corrected chi connectivity index (χ4v) is 2.47. The summed E-state index contributed by atoms with van der Waals surface area (Å²) in [6.07, 6.45) is 0.787. The Morgan fingerprint density at radius 1 is 1.31 bits per heavy atom. The maximum atomic E-state index is 6.17. The van der Waals surface area contributed by atoms with Gasteiger partial charge in [-0.3, -0.25) is 0 Å². The summed E-state index contributed by atoms with van der Waals surface area (Å²) in [5, 5.41) is 1.44. The standard InChI is InChI=1S/C12H12BrClN2/c1-4-9-15-11-8(12(14)16-9)5-6(2)7(3)10(11)13/h5H,4H2,1-3H3. The monoisotopic (exact) mass is 298 g/mol. The van der Waals surface area contributed by atoms with Crippen LogP contribution in [0.5, 0.6) is 0 Å². The van der Waals surface area contributed by atoms with Gasteiger partial charge in [0.1, 0.15) is 11.0 Å². The molecule has 0 saturated heterocycles. The molecule has 84 valence electrons. The SMILES string of the molecule is CCc1nc(Cl)c2cc(C)c(C)c(Br)c2n1. The summed E-state index contributed by atoms with van der Waals surface area (Å²) in [7, 11) is 0. The van der Waals surface area contributed by atoms with Gasteiger partial charge in [0.15, 0.2) is 0 Å². The first-order chi connectivity index (χ1) is 7.54. The minimum atomic E-state index is 0.533. The van der Waals surface area contributed by atoms with Gasteiger partial charge < -0.3 is 0 Å². The molecule has 2 nitrogen and oxygen atoms in total. The highest BCUT2D eigenvalue weighted by Crippen LogP contribution is 2.31. The zero-order valence-electron chi connectivity index (χ0n) is 9.43. The Labute approximate surface area is 108 Å². The highest BCUT2D eigenvalue weighted by molar-refractivity contribution is 9.10. The molecule has 2 rings (SSSR count). The van der Waals surface area contributed by atoms with E-state index < -0.39 is 0 Å². The van der Waals surface area contributed by atoms with Crippen LogP contribution in [0.3, 0.4) is 0 Å². The molecule has 0 saturated carbocycles. The smallest absolute Gasteiger partial charge is 0.140 e. The molecule has 16 heavy (non-hydrogen) atoms. The number of hydrogen-bond donors (Lipinski definition) is 0. The largest absolute Gasteiger partial charge is 0.232 e. The summed E-state index contributed by atoms with van der Waals surface area (Å²) in [5.41, 5.74) is 3.29. The molecule has 0 amide bonds. The van der Waals surface area contributed by atoms with E-state index in [1.165, 1.54) is 11.1 Å². The van der Waals surface area contributed by atoms with E-state index in [0.29, 0.717) is 5.15 Å². The molecule has 0 N–H and O–H groups in total. The Morgan fingerprint density at radius 3 is 2.62 bits per heavy atom. The van der Waals surface area contributed by atoms with Gasteiger partial charge in [0.25, 0.3) is 0 Å². The van der Waals surface area contributed by atoms with Crippen LogP contribution in [0, 0.1) is 13.8 Å².